The normalized spacial score (nSPS) is 11.2. The molecule has 0 unspecified atom stereocenters. The standard InChI is InChI=1S/C12H12O4P2/c13-17(14)10-7-5-9(6-8-10)11-3-1-2-4-12(11)18(15)16/h1-8,13-16H. The lowest BCUT2D eigenvalue weighted by molar-refractivity contribution is 0.495. The molecular formula is C12H12O4P2. The first-order valence-corrected chi connectivity index (χ1v) is 7.64. The van der Waals surface area contributed by atoms with Gasteiger partial charge in [-0.1, -0.05) is 30.3 Å². The van der Waals surface area contributed by atoms with Crippen molar-refractivity contribution in [1.82, 2.24) is 0 Å². The summed E-state index contributed by atoms with van der Waals surface area (Å²) in [7, 11) is -4.25. The fourth-order valence-corrected chi connectivity index (χ4v) is 2.72. The first kappa shape index (κ1) is 13.6. The molecule has 6 heteroatoms. The molecule has 0 amide bonds. The molecule has 0 aromatic heterocycles. The van der Waals surface area contributed by atoms with Crippen molar-refractivity contribution in [3.63, 3.8) is 0 Å². The zero-order valence-electron chi connectivity index (χ0n) is 9.30. The zero-order valence-corrected chi connectivity index (χ0v) is 11.1. The number of benzene rings is 2. The second-order valence-corrected chi connectivity index (χ2v) is 5.80. The summed E-state index contributed by atoms with van der Waals surface area (Å²) in [5.74, 6) is 0. The van der Waals surface area contributed by atoms with Gasteiger partial charge in [-0.2, -0.15) is 0 Å². The minimum atomic E-state index is -2.15. The van der Waals surface area contributed by atoms with E-state index >= 15 is 0 Å². The van der Waals surface area contributed by atoms with E-state index in [1.54, 1.807) is 42.5 Å². The van der Waals surface area contributed by atoms with Crippen LogP contribution in [0.3, 0.4) is 0 Å². The van der Waals surface area contributed by atoms with Crippen LogP contribution in [0, 0.1) is 0 Å². The minimum absolute atomic E-state index is 0.460. The largest absolute Gasteiger partial charge is 0.347 e. The second-order valence-electron chi connectivity index (χ2n) is 3.64. The second kappa shape index (κ2) is 5.85. The third-order valence-corrected chi connectivity index (χ3v) is 4.11. The van der Waals surface area contributed by atoms with Gasteiger partial charge < -0.3 is 19.6 Å². The number of hydrogen-bond donors (Lipinski definition) is 4. The minimum Gasteiger partial charge on any atom is -0.347 e. The predicted octanol–water partition coefficient (Wildman–Crippen LogP) is 1.20. The summed E-state index contributed by atoms with van der Waals surface area (Å²) in [6.45, 7) is 0. The van der Waals surface area contributed by atoms with Crippen molar-refractivity contribution in [2.45, 2.75) is 0 Å². The molecule has 0 bridgehead atoms. The van der Waals surface area contributed by atoms with Crippen molar-refractivity contribution in [1.29, 1.82) is 0 Å². The van der Waals surface area contributed by atoms with E-state index in [4.69, 9.17) is 9.79 Å². The zero-order chi connectivity index (χ0) is 13.1. The smallest absolute Gasteiger partial charge is 0.200 e. The molecule has 0 aliphatic heterocycles. The van der Waals surface area contributed by atoms with Gasteiger partial charge in [-0.25, -0.2) is 0 Å². The third kappa shape index (κ3) is 2.93. The van der Waals surface area contributed by atoms with Gasteiger partial charge in [0.05, 0.1) is 0 Å². The Labute approximate surface area is 107 Å². The van der Waals surface area contributed by atoms with Crippen LogP contribution < -0.4 is 10.6 Å². The summed E-state index contributed by atoms with van der Waals surface area (Å²) in [4.78, 5) is 36.8. The van der Waals surface area contributed by atoms with Crippen molar-refractivity contribution in [3.05, 3.63) is 48.5 Å². The third-order valence-electron chi connectivity index (χ3n) is 2.53. The van der Waals surface area contributed by atoms with Gasteiger partial charge in [0.1, 0.15) is 0 Å². The van der Waals surface area contributed by atoms with Crippen molar-refractivity contribution in [3.8, 4) is 11.1 Å². The lowest BCUT2D eigenvalue weighted by Crippen LogP contribution is -2.05. The van der Waals surface area contributed by atoms with E-state index in [1.165, 1.54) is 0 Å². The van der Waals surface area contributed by atoms with Crippen LogP contribution in [0.4, 0.5) is 0 Å². The average Bonchev–Trinajstić information content (AvgIpc) is 2.39. The van der Waals surface area contributed by atoms with E-state index in [1.807, 2.05) is 6.07 Å². The first-order valence-electron chi connectivity index (χ1n) is 5.15. The van der Waals surface area contributed by atoms with Crippen LogP contribution in [0.5, 0.6) is 0 Å². The van der Waals surface area contributed by atoms with Crippen molar-refractivity contribution in [2.75, 3.05) is 0 Å². The number of rotatable bonds is 3. The van der Waals surface area contributed by atoms with Gasteiger partial charge in [0.2, 0.25) is 0 Å². The van der Waals surface area contributed by atoms with E-state index in [9.17, 15) is 9.79 Å². The molecule has 0 fully saturated rings. The van der Waals surface area contributed by atoms with Crippen LogP contribution >= 0.6 is 16.8 Å². The van der Waals surface area contributed by atoms with Gasteiger partial charge in [0.15, 0.2) is 16.8 Å². The lowest BCUT2D eigenvalue weighted by atomic mass is 10.1. The molecule has 0 aliphatic rings. The maximum absolute atomic E-state index is 9.35. The topological polar surface area (TPSA) is 80.9 Å². The SMILES string of the molecule is OP(O)c1ccc(-c2ccccc2P(O)O)cc1. The van der Waals surface area contributed by atoms with E-state index in [2.05, 4.69) is 0 Å². The van der Waals surface area contributed by atoms with Gasteiger partial charge in [0, 0.05) is 10.6 Å². The quantitative estimate of drug-likeness (QED) is 0.638. The van der Waals surface area contributed by atoms with Crippen molar-refractivity contribution >= 4 is 27.4 Å². The van der Waals surface area contributed by atoms with Gasteiger partial charge in [0.25, 0.3) is 0 Å². The molecule has 0 radical (unpaired) electrons. The van der Waals surface area contributed by atoms with E-state index in [-0.39, 0.29) is 0 Å². The molecule has 94 valence electrons. The Kier molecular flexibility index (Phi) is 4.41. The fourth-order valence-electron chi connectivity index (χ4n) is 1.67. The van der Waals surface area contributed by atoms with Gasteiger partial charge in [-0.3, -0.25) is 0 Å². The highest BCUT2D eigenvalue weighted by molar-refractivity contribution is 7.54. The average molecular weight is 282 g/mol. The van der Waals surface area contributed by atoms with Crippen LogP contribution in [0.15, 0.2) is 48.5 Å². The van der Waals surface area contributed by atoms with Crippen molar-refractivity contribution < 1.29 is 19.6 Å². The molecule has 0 saturated carbocycles. The molecule has 0 heterocycles. The molecule has 0 spiro atoms. The molecule has 0 atom stereocenters. The monoisotopic (exact) mass is 282 g/mol. The maximum atomic E-state index is 9.35. The molecule has 4 N–H and O–H groups in total. The molecule has 4 nitrogen and oxygen atoms in total. The summed E-state index contributed by atoms with van der Waals surface area (Å²) in [6, 6.07) is 13.7. The Morgan fingerprint density at radius 1 is 0.667 bits per heavy atom. The van der Waals surface area contributed by atoms with Crippen molar-refractivity contribution in [2.24, 2.45) is 0 Å². The van der Waals surface area contributed by atoms with E-state index < -0.39 is 16.8 Å². The number of hydrogen-bond acceptors (Lipinski definition) is 4. The van der Waals surface area contributed by atoms with Crippen LogP contribution in [-0.2, 0) is 0 Å². The first-order chi connectivity index (χ1) is 8.59. The van der Waals surface area contributed by atoms with Gasteiger partial charge >= 0.3 is 0 Å². The molecule has 0 aliphatic carbocycles. The lowest BCUT2D eigenvalue weighted by Gasteiger charge is -2.11. The van der Waals surface area contributed by atoms with Crippen LogP contribution in [0.25, 0.3) is 11.1 Å². The summed E-state index contributed by atoms with van der Waals surface area (Å²) in [6.07, 6.45) is 0. The molecule has 2 aromatic rings. The van der Waals surface area contributed by atoms with E-state index in [0.717, 1.165) is 11.1 Å². The summed E-state index contributed by atoms with van der Waals surface area (Å²) >= 11 is 0. The van der Waals surface area contributed by atoms with Gasteiger partial charge in [-0.15, -0.1) is 0 Å². The maximum Gasteiger partial charge on any atom is 0.200 e. The Morgan fingerprint density at radius 3 is 1.83 bits per heavy atom. The highest BCUT2D eigenvalue weighted by Crippen LogP contribution is 2.30. The highest BCUT2D eigenvalue weighted by Gasteiger charge is 2.11. The summed E-state index contributed by atoms with van der Waals surface area (Å²) in [5.41, 5.74) is 1.54. The molecule has 0 saturated heterocycles. The van der Waals surface area contributed by atoms with E-state index in [0.29, 0.717) is 10.6 Å². The fraction of sp³-hybridized carbons (Fsp3) is 0. The predicted molar refractivity (Wildman–Crippen MR) is 73.9 cm³/mol. The highest BCUT2D eigenvalue weighted by atomic mass is 31.2. The molecule has 2 rings (SSSR count). The Bertz CT molecular complexity index is 526. The van der Waals surface area contributed by atoms with Crippen LogP contribution in [-0.4, -0.2) is 19.6 Å². The summed E-state index contributed by atoms with van der Waals surface area (Å²) < 4.78 is 0. The van der Waals surface area contributed by atoms with Crippen LogP contribution in [0.1, 0.15) is 0 Å². The molecule has 18 heavy (non-hydrogen) atoms. The Morgan fingerprint density at radius 2 is 1.28 bits per heavy atom. The van der Waals surface area contributed by atoms with Crippen LogP contribution in [0.2, 0.25) is 0 Å². The Hall–Kier alpha value is -0.860. The van der Waals surface area contributed by atoms with Gasteiger partial charge in [-0.05, 0) is 29.3 Å². The molecular weight excluding hydrogens is 270 g/mol. The molecule has 2 aromatic carbocycles. The Balaban J connectivity index is 2.43. The summed E-state index contributed by atoms with van der Waals surface area (Å²) in [5, 5.41) is 0.942.